The van der Waals surface area contributed by atoms with E-state index in [2.05, 4.69) is 20.5 Å². The highest BCUT2D eigenvalue weighted by molar-refractivity contribution is 6.33. The summed E-state index contributed by atoms with van der Waals surface area (Å²) in [6.45, 7) is 2.78. The molecule has 3 N–H and O–H groups in total. The summed E-state index contributed by atoms with van der Waals surface area (Å²) in [5, 5.41) is 18.8. The van der Waals surface area contributed by atoms with Crippen molar-refractivity contribution >= 4 is 23.2 Å². The van der Waals surface area contributed by atoms with Crippen LogP contribution in [0.4, 0.5) is 23.2 Å². The minimum Gasteiger partial charge on any atom is -0.483 e. The Morgan fingerprint density at radius 2 is 2.00 bits per heavy atom. The van der Waals surface area contributed by atoms with Crippen molar-refractivity contribution in [1.82, 2.24) is 19.7 Å². The smallest absolute Gasteiger partial charge is 0.422 e. The van der Waals surface area contributed by atoms with E-state index in [1.165, 1.54) is 31.5 Å². The number of aromatic amines is 1. The zero-order valence-corrected chi connectivity index (χ0v) is 18.7. The van der Waals surface area contributed by atoms with Gasteiger partial charge in [0.25, 0.3) is 5.91 Å². The van der Waals surface area contributed by atoms with Crippen LogP contribution in [0.25, 0.3) is 11.3 Å². The van der Waals surface area contributed by atoms with E-state index in [9.17, 15) is 23.1 Å². The lowest BCUT2D eigenvalue weighted by Gasteiger charge is -2.16. The van der Waals surface area contributed by atoms with Crippen molar-refractivity contribution < 1.29 is 32.2 Å². The number of anilines is 1. The number of rotatable bonds is 6. The molecule has 0 unspecified atom stereocenters. The van der Waals surface area contributed by atoms with Gasteiger partial charge in [-0.2, -0.15) is 18.3 Å². The Hall–Kier alpha value is -3.12. The minimum absolute atomic E-state index is 0.0108. The molecule has 0 aliphatic rings. The van der Waals surface area contributed by atoms with Gasteiger partial charge in [-0.1, -0.05) is 11.6 Å². The van der Waals surface area contributed by atoms with E-state index >= 15 is 4.39 Å². The summed E-state index contributed by atoms with van der Waals surface area (Å²) in [6, 6.07) is 1.70. The number of carbonyl (C=O) groups excluding carboxylic acids is 1. The van der Waals surface area contributed by atoms with Crippen LogP contribution >= 0.6 is 11.6 Å². The average molecular weight is 490 g/mol. The fourth-order valence-electron chi connectivity index (χ4n) is 3.10. The molecule has 0 bridgehead atoms. The lowest BCUT2D eigenvalue weighted by molar-refractivity contribution is -0.153. The van der Waals surface area contributed by atoms with E-state index in [4.69, 9.17) is 16.3 Å². The van der Waals surface area contributed by atoms with Crippen LogP contribution in [0.3, 0.4) is 0 Å². The molecule has 1 amide bonds. The Kier molecular flexibility index (Phi) is 6.44. The number of aryl methyl sites for hydroxylation is 2. The van der Waals surface area contributed by atoms with Gasteiger partial charge in [0.2, 0.25) is 0 Å². The van der Waals surface area contributed by atoms with Crippen molar-refractivity contribution in [2.45, 2.75) is 32.5 Å². The Balaban J connectivity index is 2.07. The van der Waals surface area contributed by atoms with Gasteiger partial charge >= 0.3 is 6.18 Å². The summed E-state index contributed by atoms with van der Waals surface area (Å²) < 4.78 is 59.7. The Morgan fingerprint density at radius 1 is 1.33 bits per heavy atom. The van der Waals surface area contributed by atoms with E-state index in [-0.39, 0.29) is 27.9 Å². The second-order valence-electron chi connectivity index (χ2n) is 7.80. The maximum Gasteiger partial charge on any atom is 0.422 e. The maximum atomic E-state index is 15.0. The van der Waals surface area contributed by atoms with Gasteiger partial charge in [0.05, 0.1) is 17.0 Å². The number of H-pyrrole nitrogens is 1. The topological polar surface area (TPSA) is 105 Å². The predicted molar refractivity (Wildman–Crippen MR) is 112 cm³/mol. The number of hydrogen-bond donors (Lipinski definition) is 3. The number of alkyl halides is 3. The van der Waals surface area contributed by atoms with Crippen LogP contribution in [0.5, 0.6) is 5.75 Å². The first-order chi connectivity index (χ1) is 15.2. The highest BCUT2D eigenvalue weighted by Crippen LogP contribution is 2.33. The van der Waals surface area contributed by atoms with Crippen molar-refractivity contribution in [1.29, 1.82) is 0 Å². The third-order valence-electron chi connectivity index (χ3n) is 4.55. The maximum absolute atomic E-state index is 15.0. The number of nitrogens with one attached hydrogen (secondary N) is 2. The number of hydrogen-bond acceptors (Lipinski definition) is 5. The van der Waals surface area contributed by atoms with Crippen LogP contribution < -0.4 is 10.1 Å². The number of benzene rings is 1. The standard InChI is InChI=1S/C20H20ClF4N5O3/c1-9-15(16(21)29-28-9)27-17(31)11-5-12(22)10(6-14(11)33-8-20(23,24)25)13-7-30(4)18(26-13)19(2,3)32/h5-7,32H,8H2,1-4H3,(H,27,31)(H,28,29). The van der Waals surface area contributed by atoms with Crippen molar-refractivity contribution in [3.05, 3.63) is 46.4 Å². The molecule has 33 heavy (non-hydrogen) atoms. The largest absolute Gasteiger partial charge is 0.483 e. The molecule has 0 fully saturated rings. The fourth-order valence-corrected chi connectivity index (χ4v) is 3.33. The molecular weight excluding hydrogens is 470 g/mol. The summed E-state index contributed by atoms with van der Waals surface area (Å²) in [4.78, 5) is 16.9. The lowest BCUT2D eigenvalue weighted by atomic mass is 10.1. The minimum atomic E-state index is -4.70. The quantitative estimate of drug-likeness (QED) is 0.447. The number of imidazole rings is 1. The van der Waals surface area contributed by atoms with Crippen LogP contribution in [0.1, 0.15) is 35.7 Å². The molecule has 178 valence electrons. The molecule has 8 nitrogen and oxygen atoms in total. The molecule has 3 rings (SSSR count). The molecule has 2 heterocycles. The zero-order valence-electron chi connectivity index (χ0n) is 17.9. The summed E-state index contributed by atoms with van der Waals surface area (Å²) in [7, 11) is 1.57. The van der Waals surface area contributed by atoms with Gasteiger partial charge in [-0.3, -0.25) is 9.89 Å². The number of nitrogens with zero attached hydrogens (tertiary/aromatic N) is 3. The molecule has 3 aromatic rings. The second kappa shape index (κ2) is 8.67. The van der Waals surface area contributed by atoms with Crippen molar-refractivity contribution in [2.24, 2.45) is 7.05 Å². The SMILES string of the molecule is Cc1n[nH]c(Cl)c1NC(=O)c1cc(F)c(-c2cn(C)c(C(C)(C)O)n2)cc1OCC(F)(F)F. The zero-order chi connectivity index (χ0) is 24.7. The monoisotopic (exact) mass is 489 g/mol. The number of amides is 1. The van der Waals surface area contributed by atoms with Gasteiger partial charge in [-0.25, -0.2) is 9.37 Å². The molecule has 0 aliphatic heterocycles. The molecule has 13 heteroatoms. The second-order valence-corrected chi connectivity index (χ2v) is 8.18. The number of aromatic nitrogens is 4. The van der Waals surface area contributed by atoms with Crippen LogP contribution in [0.15, 0.2) is 18.3 Å². The van der Waals surface area contributed by atoms with Crippen molar-refractivity contribution in [3.63, 3.8) is 0 Å². The number of carbonyl (C=O) groups is 1. The molecule has 2 aromatic heterocycles. The van der Waals surface area contributed by atoms with Crippen molar-refractivity contribution in [3.8, 4) is 17.0 Å². The van der Waals surface area contributed by atoms with Gasteiger partial charge in [0.15, 0.2) is 6.61 Å². The van der Waals surface area contributed by atoms with Gasteiger partial charge < -0.3 is 19.7 Å². The first kappa shape index (κ1) is 24.5. The Morgan fingerprint density at radius 3 is 2.52 bits per heavy atom. The van der Waals surface area contributed by atoms with E-state index in [0.717, 1.165) is 12.1 Å². The summed E-state index contributed by atoms with van der Waals surface area (Å²) in [5.41, 5.74) is -1.63. The normalized spacial score (nSPS) is 12.2. The highest BCUT2D eigenvalue weighted by Gasteiger charge is 2.31. The van der Waals surface area contributed by atoms with Gasteiger partial charge in [0.1, 0.15) is 33.8 Å². The first-order valence-corrected chi connectivity index (χ1v) is 9.86. The third kappa shape index (κ3) is 5.45. The van der Waals surface area contributed by atoms with Crippen LogP contribution in [-0.4, -0.2) is 43.5 Å². The molecule has 0 atom stereocenters. The van der Waals surface area contributed by atoms with E-state index in [1.54, 1.807) is 7.05 Å². The molecule has 0 radical (unpaired) electrons. The lowest BCUT2D eigenvalue weighted by Crippen LogP contribution is -2.21. The number of ether oxygens (including phenoxy) is 1. The van der Waals surface area contributed by atoms with Crippen LogP contribution in [-0.2, 0) is 12.6 Å². The summed E-state index contributed by atoms with van der Waals surface area (Å²) in [5.74, 6) is -2.22. The van der Waals surface area contributed by atoms with Crippen molar-refractivity contribution in [2.75, 3.05) is 11.9 Å². The average Bonchev–Trinajstić information content (AvgIpc) is 3.23. The fraction of sp³-hybridized carbons (Fsp3) is 0.350. The predicted octanol–water partition coefficient (Wildman–Crippen LogP) is 4.33. The van der Waals surface area contributed by atoms with Gasteiger partial charge in [0, 0.05) is 18.8 Å². The molecular formula is C20H20ClF4N5O3. The van der Waals surface area contributed by atoms with Crippen LogP contribution in [0, 0.1) is 12.7 Å². The van der Waals surface area contributed by atoms with Gasteiger partial charge in [-0.05, 0) is 32.9 Å². The van der Waals surface area contributed by atoms with E-state index in [0.29, 0.717) is 5.69 Å². The summed E-state index contributed by atoms with van der Waals surface area (Å²) in [6.07, 6.45) is -3.31. The summed E-state index contributed by atoms with van der Waals surface area (Å²) >= 11 is 5.91. The number of aliphatic hydroxyl groups is 1. The Labute approximate surface area is 190 Å². The molecule has 0 saturated carbocycles. The highest BCUT2D eigenvalue weighted by atomic mass is 35.5. The van der Waals surface area contributed by atoms with E-state index < -0.39 is 41.4 Å². The Bertz CT molecular complexity index is 1180. The van der Waals surface area contributed by atoms with Crippen LogP contribution in [0.2, 0.25) is 5.15 Å². The third-order valence-corrected chi connectivity index (χ3v) is 4.82. The first-order valence-electron chi connectivity index (χ1n) is 9.49. The molecule has 0 aliphatic carbocycles. The molecule has 0 spiro atoms. The van der Waals surface area contributed by atoms with Gasteiger partial charge in [-0.15, -0.1) is 0 Å². The molecule has 0 saturated heterocycles. The number of halogens is 5. The van der Waals surface area contributed by atoms with E-state index in [1.807, 2.05) is 0 Å². The molecule has 1 aromatic carbocycles.